The Labute approximate surface area is 114 Å². The third-order valence-electron chi connectivity index (χ3n) is 3.18. The minimum absolute atomic E-state index is 0.0855. The van der Waals surface area contributed by atoms with E-state index >= 15 is 0 Å². The topological polar surface area (TPSA) is 38.0 Å². The number of alkyl halides is 3. The van der Waals surface area contributed by atoms with Crippen molar-refractivity contribution in [2.24, 2.45) is 7.05 Å². The van der Waals surface area contributed by atoms with Gasteiger partial charge >= 0.3 is 6.18 Å². The average molecular weight is 284 g/mol. The molecule has 0 aliphatic carbocycles. The summed E-state index contributed by atoms with van der Waals surface area (Å²) < 4.78 is 39.3. The van der Waals surface area contributed by atoms with Gasteiger partial charge in [-0.1, -0.05) is 19.1 Å². The van der Waals surface area contributed by atoms with E-state index < -0.39 is 11.9 Å². The van der Waals surface area contributed by atoms with Crippen LogP contribution in [0.1, 0.15) is 23.7 Å². The highest BCUT2D eigenvalue weighted by atomic mass is 19.4. The van der Waals surface area contributed by atoms with E-state index in [4.69, 9.17) is 0 Å². The molecule has 1 heterocycles. The van der Waals surface area contributed by atoms with E-state index in [1.54, 1.807) is 18.2 Å². The lowest BCUT2D eigenvalue weighted by molar-refractivity contribution is -0.140. The standard InChI is InChI=1S/C14H15F3N2O/c1-3-9-6-10(4-5-11(9)8-20)13-18-12(7-19(13)2)14(15,16)17/h4-7,20H,3,8H2,1-2H3. The van der Waals surface area contributed by atoms with Crippen molar-refractivity contribution in [2.45, 2.75) is 26.1 Å². The van der Waals surface area contributed by atoms with Crippen molar-refractivity contribution < 1.29 is 18.3 Å². The highest BCUT2D eigenvalue weighted by molar-refractivity contribution is 5.58. The first-order valence-corrected chi connectivity index (χ1v) is 6.20. The predicted octanol–water partition coefficient (Wildman–Crippen LogP) is 3.16. The van der Waals surface area contributed by atoms with E-state index in [0.717, 1.165) is 17.3 Å². The summed E-state index contributed by atoms with van der Waals surface area (Å²) in [7, 11) is 1.53. The van der Waals surface area contributed by atoms with Gasteiger partial charge in [-0.05, 0) is 23.6 Å². The van der Waals surface area contributed by atoms with Crippen molar-refractivity contribution in [1.29, 1.82) is 0 Å². The Hall–Kier alpha value is -1.82. The van der Waals surface area contributed by atoms with E-state index in [9.17, 15) is 18.3 Å². The first-order valence-electron chi connectivity index (χ1n) is 6.20. The number of aromatic nitrogens is 2. The first-order chi connectivity index (χ1) is 9.36. The largest absolute Gasteiger partial charge is 0.434 e. The van der Waals surface area contributed by atoms with Gasteiger partial charge in [-0.3, -0.25) is 0 Å². The van der Waals surface area contributed by atoms with E-state index in [1.165, 1.54) is 11.6 Å². The summed E-state index contributed by atoms with van der Waals surface area (Å²) in [5.74, 6) is 0.261. The van der Waals surface area contributed by atoms with Crippen LogP contribution in [0.3, 0.4) is 0 Å². The second kappa shape index (κ2) is 5.28. The smallest absolute Gasteiger partial charge is 0.392 e. The molecule has 108 valence electrons. The quantitative estimate of drug-likeness (QED) is 0.940. The minimum Gasteiger partial charge on any atom is -0.392 e. The lowest BCUT2D eigenvalue weighted by Gasteiger charge is -2.08. The lowest BCUT2D eigenvalue weighted by Crippen LogP contribution is -2.04. The normalized spacial score (nSPS) is 11.9. The van der Waals surface area contributed by atoms with Gasteiger partial charge in [0.1, 0.15) is 5.82 Å². The summed E-state index contributed by atoms with van der Waals surface area (Å²) in [5.41, 5.74) is 1.39. The molecule has 0 aliphatic heterocycles. The first kappa shape index (κ1) is 14.6. The number of imidazole rings is 1. The van der Waals surface area contributed by atoms with Crippen molar-refractivity contribution >= 4 is 0 Å². The van der Waals surface area contributed by atoms with Crippen molar-refractivity contribution in [3.8, 4) is 11.4 Å². The molecule has 0 amide bonds. The van der Waals surface area contributed by atoms with E-state index in [-0.39, 0.29) is 12.4 Å². The number of halogens is 3. The second-order valence-electron chi connectivity index (χ2n) is 4.55. The van der Waals surface area contributed by atoms with Gasteiger partial charge in [0.25, 0.3) is 0 Å². The van der Waals surface area contributed by atoms with Crippen molar-refractivity contribution in [2.75, 3.05) is 0 Å². The summed E-state index contributed by atoms with van der Waals surface area (Å²) in [4.78, 5) is 3.66. The van der Waals surface area contributed by atoms with E-state index in [1.807, 2.05) is 6.92 Å². The number of aryl methyl sites for hydroxylation is 2. The van der Waals surface area contributed by atoms with E-state index in [2.05, 4.69) is 4.98 Å². The monoisotopic (exact) mass is 284 g/mol. The molecule has 1 aromatic heterocycles. The third kappa shape index (κ3) is 2.70. The molecule has 0 atom stereocenters. The maximum absolute atomic E-state index is 12.7. The summed E-state index contributed by atoms with van der Waals surface area (Å²) >= 11 is 0. The Bertz CT molecular complexity index is 617. The van der Waals surface area contributed by atoms with Gasteiger partial charge in [-0.2, -0.15) is 13.2 Å². The van der Waals surface area contributed by atoms with E-state index in [0.29, 0.717) is 12.0 Å². The number of aliphatic hydroxyl groups is 1. The molecule has 0 spiro atoms. The van der Waals surface area contributed by atoms with Crippen LogP contribution in [0.5, 0.6) is 0 Å². The molecule has 0 fully saturated rings. The highest BCUT2D eigenvalue weighted by Gasteiger charge is 2.34. The molecule has 0 saturated heterocycles. The van der Waals surface area contributed by atoms with Crippen LogP contribution in [0.2, 0.25) is 0 Å². The lowest BCUT2D eigenvalue weighted by atomic mass is 10.0. The molecular formula is C14H15F3N2O. The van der Waals surface area contributed by atoms with Gasteiger partial charge in [0.2, 0.25) is 0 Å². The molecule has 3 nitrogen and oxygen atoms in total. The zero-order valence-electron chi connectivity index (χ0n) is 11.2. The van der Waals surface area contributed by atoms with Crippen LogP contribution in [0, 0.1) is 0 Å². The van der Waals surface area contributed by atoms with Crippen molar-refractivity contribution in [1.82, 2.24) is 9.55 Å². The zero-order valence-corrected chi connectivity index (χ0v) is 11.2. The third-order valence-corrected chi connectivity index (χ3v) is 3.18. The molecular weight excluding hydrogens is 269 g/mol. The van der Waals surface area contributed by atoms with Gasteiger partial charge in [0.15, 0.2) is 5.69 Å². The fourth-order valence-corrected chi connectivity index (χ4v) is 2.12. The summed E-state index contributed by atoms with van der Waals surface area (Å²) in [5, 5.41) is 9.21. The second-order valence-corrected chi connectivity index (χ2v) is 4.55. The van der Waals surface area contributed by atoms with Crippen LogP contribution in [-0.2, 0) is 26.3 Å². The van der Waals surface area contributed by atoms with Gasteiger partial charge in [-0.15, -0.1) is 0 Å². The van der Waals surface area contributed by atoms with Crippen LogP contribution < -0.4 is 0 Å². The maximum Gasteiger partial charge on any atom is 0.434 e. The molecule has 2 aromatic rings. The zero-order chi connectivity index (χ0) is 14.9. The Morgan fingerprint density at radius 1 is 1.25 bits per heavy atom. The van der Waals surface area contributed by atoms with Gasteiger partial charge in [0, 0.05) is 18.8 Å². The van der Waals surface area contributed by atoms with Crippen LogP contribution in [0.15, 0.2) is 24.4 Å². The Morgan fingerprint density at radius 3 is 2.45 bits per heavy atom. The molecule has 0 unspecified atom stereocenters. The molecule has 0 aliphatic rings. The summed E-state index contributed by atoms with van der Waals surface area (Å²) in [6.45, 7) is 1.84. The minimum atomic E-state index is -4.45. The fourth-order valence-electron chi connectivity index (χ4n) is 2.12. The predicted molar refractivity (Wildman–Crippen MR) is 68.9 cm³/mol. The summed E-state index contributed by atoms with van der Waals surface area (Å²) in [6, 6.07) is 5.16. The molecule has 0 saturated carbocycles. The van der Waals surface area contributed by atoms with Crippen LogP contribution >= 0.6 is 0 Å². The Kier molecular flexibility index (Phi) is 3.85. The summed E-state index contributed by atoms with van der Waals surface area (Å²) in [6.07, 6.45) is -2.78. The molecule has 0 radical (unpaired) electrons. The number of rotatable bonds is 3. The molecule has 1 aromatic carbocycles. The van der Waals surface area contributed by atoms with Crippen LogP contribution in [0.25, 0.3) is 11.4 Å². The fraction of sp³-hybridized carbons (Fsp3) is 0.357. The molecule has 20 heavy (non-hydrogen) atoms. The van der Waals surface area contributed by atoms with Crippen molar-refractivity contribution in [3.63, 3.8) is 0 Å². The average Bonchev–Trinajstić information content (AvgIpc) is 2.80. The number of aliphatic hydroxyl groups excluding tert-OH is 1. The number of hydrogen-bond acceptors (Lipinski definition) is 2. The Balaban J connectivity index is 2.49. The van der Waals surface area contributed by atoms with Crippen LogP contribution in [-0.4, -0.2) is 14.7 Å². The SMILES string of the molecule is CCc1cc(-c2nc(C(F)(F)F)cn2C)ccc1CO. The van der Waals surface area contributed by atoms with Crippen molar-refractivity contribution in [3.05, 3.63) is 41.2 Å². The number of benzene rings is 1. The van der Waals surface area contributed by atoms with Crippen LogP contribution in [0.4, 0.5) is 13.2 Å². The van der Waals surface area contributed by atoms with Gasteiger partial charge in [0.05, 0.1) is 6.61 Å². The van der Waals surface area contributed by atoms with Gasteiger partial charge < -0.3 is 9.67 Å². The van der Waals surface area contributed by atoms with Gasteiger partial charge in [-0.25, -0.2) is 4.98 Å². The Morgan fingerprint density at radius 2 is 1.95 bits per heavy atom. The number of hydrogen-bond donors (Lipinski definition) is 1. The highest BCUT2D eigenvalue weighted by Crippen LogP contribution is 2.31. The molecule has 6 heteroatoms. The molecule has 0 bridgehead atoms. The number of nitrogens with zero attached hydrogens (tertiary/aromatic N) is 2. The molecule has 1 N–H and O–H groups in total. The maximum atomic E-state index is 12.7. The molecule has 2 rings (SSSR count).